The molecule has 150 valence electrons. The number of rotatable bonds is 5. The van der Waals surface area contributed by atoms with E-state index in [0.29, 0.717) is 32.1 Å². The van der Waals surface area contributed by atoms with Crippen LogP contribution < -0.4 is 9.47 Å². The van der Waals surface area contributed by atoms with Crippen LogP contribution in [-0.2, 0) is 19.6 Å². The summed E-state index contributed by atoms with van der Waals surface area (Å²) in [7, 11) is -1.41. The number of carbonyl (C=O) groups is 1. The first kappa shape index (κ1) is 19.8. The number of halogens is 1. The Kier molecular flexibility index (Phi) is 5.87. The summed E-state index contributed by atoms with van der Waals surface area (Å²) in [5.41, 5.74) is 0. The molecule has 0 N–H and O–H groups in total. The van der Waals surface area contributed by atoms with E-state index in [1.54, 1.807) is 6.07 Å². The summed E-state index contributed by atoms with van der Waals surface area (Å²) in [5, 5.41) is 0. The van der Waals surface area contributed by atoms with Crippen molar-refractivity contribution in [2.24, 2.45) is 0 Å². The van der Waals surface area contributed by atoms with Gasteiger partial charge in [-0.25, -0.2) is 12.8 Å². The molecule has 2 fully saturated rings. The van der Waals surface area contributed by atoms with Gasteiger partial charge in [0, 0.05) is 32.1 Å². The van der Waals surface area contributed by atoms with Crippen LogP contribution in [0.1, 0.15) is 6.42 Å². The molecular weight excluding hydrogens is 379 g/mol. The van der Waals surface area contributed by atoms with Gasteiger partial charge >= 0.3 is 0 Å². The lowest BCUT2D eigenvalue weighted by Crippen LogP contribution is -2.51. The van der Waals surface area contributed by atoms with Crippen molar-refractivity contribution in [2.45, 2.75) is 23.5 Å². The molecule has 1 amide bonds. The smallest absolute Gasteiger partial charge is 0.247 e. The Hall–Kier alpha value is -1.91. The van der Waals surface area contributed by atoms with E-state index in [9.17, 15) is 17.6 Å². The number of hydrogen-bond donors (Lipinski definition) is 0. The minimum atomic E-state index is -4.17. The van der Waals surface area contributed by atoms with Crippen LogP contribution in [0.3, 0.4) is 0 Å². The number of benzene rings is 1. The minimum absolute atomic E-state index is 0.107. The molecule has 0 unspecified atom stereocenters. The monoisotopic (exact) mass is 402 g/mol. The molecule has 1 aromatic carbocycles. The highest BCUT2D eigenvalue weighted by atomic mass is 32.2. The number of nitrogens with zero attached hydrogens (tertiary/aromatic N) is 2. The summed E-state index contributed by atoms with van der Waals surface area (Å²) in [6.07, 6.45) is -1.58. The summed E-state index contributed by atoms with van der Waals surface area (Å²) in [6.45, 7) is 1.12. The summed E-state index contributed by atoms with van der Waals surface area (Å²) in [6, 6.07) is 3.26. The highest BCUT2D eigenvalue weighted by Gasteiger charge is 2.46. The van der Waals surface area contributed by atoms with Crippen molar-refractivity contribution < 1.29 is 31.8 Å². The lowest BCUT2D eigenvalue weighted by molar-refractivity contribution is -0.138. The molecule has 2 atom stereocenters. The lowest BCUT2D eigenvalue weighted by Gasteiger charge is -2.32. The molecule has 2 aliphatic heterocycles. The second kappa shape index (κ2) is 7.99. The van der Waals surface area contributed by atoms with Crippen LogP contribution in [0.5, 0.6) is 11.5 Å². The Morgan fingerprint density at radius 1 is 1.22 bits per heavy atom. The first-order chi connectivity index (χ1) is 12.9. The fourth-order valence-electron chi connectivity index (χ4n) is 3.35. The van der Waals surface area contributed by atoms with Crippen LogP contribution in [0.4, 0.5) is 4.39 Å². The lowest BCUT2D eigenvalue weighted by atomic mass is 10.2. The molecule has 0 radical (unpaired) electrons. The second-order valence-electron chi connectivity index (χ2n) is 6.38. The largest absolute Gasteiger partial charge is 0.497 e. The quantitative estimate of drug-likeness (QED) is 0.720. The molecule has 0 saturated carbocycles. The van der Waals surface area contributed by atoms with Gasteiger partial charge in [-0.3, -0.25) is 4.79 Å². The molecule has 2 saturated heterocycles. The Morgan fingerprint density at radius 2 is 1.93 bits per heavy atom. The Morgan fingerprint density at radius 3 is 2.56 bits per heavy atom. The first-order valence-electron chi connectivity index (χ1n) is 8.63. The average molecular weight is 402 g/mol. The van der Waals surface area contributed by atoms with Crippen molar-refractivity contribution in [3.05, 3.63) is 18.2 Å². The van der Waals surface area contributed by atoms with E-state index in [1.807, 2.05) is 0 Å². The number of amides is 1. The summed E-state index contributed by atoms with van der Waals surface area (Å²) < 4.78 is 57.1. The van der Waals surface area contributed by atoms with Gasteiger partial charge < -0.3 is 19.1 Å². The van der Waals surface area contributed by atoms with Crippen molar-refractivity contribution in [2.75, 3.05) is 47.1 Å². The highest BCUT2D eigenvalue weighted by Crippen LogP contribution is 2.35. The number of sulfonamides is 1. The van der Waals surface area contributed by atoms with Crippen molar-refractivity contribution in [1.82, 2.24) is 9.21 Å². The van der Waals surface area contributed by atoms with Crippen LogP contribution in [0, 0.1) is 0 Å². The molecule has 3 rings (SSSR count). The normalized spacial score (nSPS) is 24.0. The van der Waals surface area contributed by atoms with Crippen LogP contribution in [0.25, 0.3) is 0 Å². The van der Waals surface area contributed by atoms with Crippen molar-refractivity contribution in [3.8, 4) is 11.5 Å². The highest BCUT2D eigenvalue weighted by molar-refractivity contribution is 7.89. The van der Waals surface area contributed by atoms with Crippen molar-refractivity contribution in [1.29, 1.82) is 0 Å². The van der Waals surface area contributed by atoms with Crippen molar-refractivity contribution in [3.63, 3.8) is 0 Å². The predicted octanol–water partition coefficient (Wildman–Crippen LogP) is 0.664. The van der Waals surface area contributed by atoms with Gasteiger partial charge in [-0.15, -0.1) is 0 Å². The van der Waals surface area contributed by atoms with Gasteiger partial charge in [0.05, 0.1) is 27.4 Å². The summed E-state index contributed by atoms with van der Waals surface area (Å²) in [5.74, 6) is 0.0287. The average Bonchev–Trinajstić information content (AvgIpc) is 3.10. The van der Waals surface area contributed by atoms with Gasteiger partial charge in [-0.2, -0.15) is 4.31 Å². The maximum absolute atomic E-state index is 14.2. The first-order valence-corrected chi connectivity index (χ1v) is 10.1. The fourth-order valence-corrected chi connectivity index (χ4v) is 5.15. The zero-order valence-corrected chi connectivity index (χ0v) is 16.1. The second-order valence-corrected chi connectivity index (χ2v) is 8.24. The molecule has 0 aromatic heterocycles. The van der Waals surface area contributed by atoms with Gasteiger partial charge in [0.25, 0.3) is 0 Å². The predicted molar refractivity (Wildman–Crippen MR) is 94.1 cm³/mol. The zero-order chi connectivity index (χ0) is 19.6. The van der Waals surface area contributed by atoms with Crippen LogP contribution in [0.2, 0.25) is 0 Å². The molecule has 10 heteroatoms. The number of hydrogen-bond acceptors (Lipinski definition) is 6. The minimum Gasteiger partial charge on any atom is -0.497 e. The Balaban J connectivity index is 1.95. The van der Waals surface area contributed by atoms with Crippen LogP contribution in [0.15, 0.2) is 23.1 Å². The zero-order valence-electron chi connectivity index (χ0n) is 15.3. The maximum Gasteiger partial charge on any atom is 0.247 e. The van der Waals surface area contributed by atoms with Crippen LogP contribution in [-0.4, -0.2) is 82.8 Å². The summed E-state index contributed by atoms with van der Waals surface area (Å²) in [4.78, 5) is 14.2. The third-order valence-corrected chi connectivity index (χ3v) is 6.67. The standard InChI is InChI=1S/C17H23FN2O6S/c1-24-13-3-4-15(25-2)16(10-13)27(22,23)20-11-12(18)9-14(20)17(21)19-5-7-26-8-6-19/h3-4,10,12,14H,5-9,11H2,1-2H3/t12-,14-/m0/s1. The van der Waals surface area contributed by atoms with E-state index in [-0.39, 0.29) is 23.6 Å². The van der Waals surface area contributed by atoms with Gasteiger partial charge in [-0.05, 0) is 12.1 Å². The Labute approximate surface area is 157 Å². The number of ether oxygens (including phenoxy) is 3. The van der Waals surface area contributed by atoms with Crippen molar-refractivity contribution >= 4 is 15.9 Å². The SMILES string of the molecule is COc1ccc(OC)c(S(=O)(=O)N2C[C@@H](F)C[C@H]2C(=O)N2CCOCC2)c1. The number of carbonyl (C=O) groups excluding carboxylic acids is 1. The number of methoxy groups -OCH3 is 2. The molecule has 2 aliphatic rings. The fraction of sp³-hybridized carbons (Fsp3) is 0.588. The molecular formula is C17H23FN2O6S. The van der Waals surface area contributed by atoms with Gasteiger partial charge in [0.2, 0.25) is 15.9 Å². The van der Waals surface area contributed by atoms with E-state index in [2.05, 4.69) is 0 Å². The van der Waals surface area contributed by atoms with Gasteiger partial charge in [0.1, 0.15) is 28.6 Å². The molecule has 8 nitrogen and oxygen atoms in total. The molecule has 1 aromatic rings. The molecule has 0 spiro atoms. The summed E-state index contributed by atoms with van der Waals surface area (Å²) >= 11 is 0. The van der Waals surface area contributed by atoms with E-state index >= 15 is 0 Å². The topological polar surface area (TPSA) is 85.4 Å². The van der Waals surface area contributed by atoms with E-state index in [4.69, 9.17) is 14.2 Å². The molecule has 0 bridgehead atoms. The molecule has 0 aliphatic carbocycles. The van der Waals surface area contributed by atoms with E-state index in [1.165, 1.54) is 31.3 Å². The Bertz CT molecular complexity index is 797. The van der Waals surface area contributed by atoms with E-state index < -0.39 is 28.1 Å². The third-order valence-electron chi connectivity index (χ3n) is 4.77. The van der Waals surface area contributed by atoms with Gasteiger partial charge in [0.15, 0.2) is 0 Å². The van der Waals surface area contributed by atoms with Gasteiger partial charge in [-0.1, -0.05) is 0 Å². The number of alkyl halides is 1. The third kappa shape index (κ3) is 3.87. The maximum atomic E-state index is 14.2. The van der Waals surface area contributed by atoms with E-state index in [0.717, 1.165) is 4.31 Å². The molecule has 2 heterocycles. The number of morpholine rings is 1. The van der Waals surface area contributed by atoms with Crippen LogP contribution >= 0.6 is 0 Å². The molecule has 27 heavy (non-hydrogen) atoms.